The number of aromatic nitrogens is 2. The van der Waals surface area contributed by atoms with Crippen molar-refractivity contribution in [1.29, 1.82) is 0 Å². The van der Waals surface area contributed by atoms with Crippen LogP contribution in [0.3, 0.4) is 0 Å². The molecule has 0 aromatic carbocycles. The number of hydrogen-bond acceptors (Lipinski definition) is 5. The van der Waals surface area contributed by atoms with Crippen LogP contribution in [0.1, 0.15) is 17.4 Å². The van der Waals surface area contributed by atoms with Crippen LogP contribution in [-0.4, -0.2) is 42.1 Å². The van der Waals surface area contributed by atoms with Gasteiger partial charge in [0, 0.05) is 13.6 Å². The standard InChI is InChI=1S/C10H15N5O2/c1-3-12-10(17)7-4-5-8(15-14-7)13-6-9(16)11-2/h4-5H,3,6H2,1-2H3,(H,11,16)(H,12,17)(H,13,15). The lowest BCUT2D eigenvalue weighted by atomic mass is 10.3. The molecule has 92 valence electrons. The van der Waals surface area contributed by atoms with Crippen molar-refractivity contribution in [3.8, 4) is 0 Å². The van der Waals surface area contributed by atoms with Crippen LogP contribution in [0.2, 0.25) is 0 Å². The van der Waals surface area contributed by atoms with Gasteiger partial charge in [0.25, 0.3) is 5.91 Å². The quantitative estimate of drug-likeness (QED) is 0.634. The first-order chi connectivity index (χ1) is 8.17. The second-order valence-corrected chi connectivity index (χ2v) is 3.19. The van der Waals surface area contributed by atoms with Crippen molar-refractivity contribution < 1.29 is 9.59 Å². The second kappa shape index (κ2) is 6.41. The molecule has 0 fully saturated rings. The summed E-state index contributed by atoms with van der Waals surface area (Å²) in [6.07, 6.45) is 0. The van der Waals surface area contributed by atoms with Crippen LogP contribution in [0.25, 0.3) is 0 Å². The van der Waals surface area contributed by atoms with Crippen molar-refractivity contribution >= 4 is 17.6 Å². The van der Waals surface area contributed by atoms with Crippen LogP contribution in [0, 0.1) is 0 Å². The minimum atomic E-state index is -0.266. The molecule has 0 spiro atoms. The van der Waals surface area contributed by atoms with Crippen molar-refractivity contribution in [2.45, 2.75) is 6.92 Å². The molecule has 0 atom stereocenters. The molecule has 7 heteroatoms. The van der Waals surface area contributed by atoms with Crippen LogP contribution in [0.4, 0.5) is 5.82 Å². The lowest BCUT2D eigenvalue weighted by Gasteiger charge is -2.04. The Labute approximate surface area is 99.0 Å². The van der Waals surface area contributed by atoms with Crippen molar-refractivity contribution in [2.75, 3.05) is 25.5 Å². The lowest BCUT2D eigenvalue weighted by molar-refractivity contribution is -0.118. The fourth-order valence-electron chi connectivity index (χ4n) is 1.06. The Bertz CT molecular complexity index is 390. The van der Waals surface area contributed by atoms with Gasteiger partial charge in [0.2, 0.25) is 5.91 Å². The third-order valence-corrected chi connectivity index (χ3v) is 1.94. The Kier molecular flexibility index (Phi) is 4.86. The number of carbonyl (C=O) groups is 2. The zero-order valence-corrected chi connectivity index (χ0v) is 9.78. The van der Waals surface area contributed by atoms with Crippen LogP contribution in [0.5, 0.6) is 0 Å². The van der Waals surface area contributed by atoms with E-state index in [9.17, 15) is 9.59 Å². The predicted molar refractivity (Wildman–Crippen MR) is 62.6 cm³/mol. The molecule has 0 aliphatic carbocycles. The number of anilines is 1. The maximum Gasteiger partial charge on any atom is 0.271 e. The number of likely N-dealkylation sites (N-methyl/N-ethyl adjacent to an activating group) is 1. The highest BCUT2D eigenvalue weighted by molar-refractivity contribution is 5.92. The molecule has 1 aromatic rings. The molecule has 1 aromatic heterocycles. The maximum atomic E-state index is 11.4. The van der Waals surface area contributed by atoms with E-state index in [0.29, 0.717) is 12.4 Å². The largest absolute Gasteiger partial charge is 0.360 e. The van der Waals surface area contributed by atoms with Gasteiger partial charge in [-0.3, -0.25) is 9.59 Å². The molecule has 17 heavy (non-hydrogen) atoms. The minimum Gasteiger partial charge on any atom is -0.360 e. The highest BCUT2D eigenvalue weighted by atomic mass is 16.2. The van der Waals surface area contributed by atoms with Gasteiger partial charge in [-0.2, -0.15) is 0 Å². The number of rotatable bonds is 5. The molecule has 0 aliphatic heterocycles. The molecule has 3 N–H and O–H groups in total. The van der Waals surface area contributed by atoms with E-state index in [4.69, 9.17) is 0 Å². The van der Waals surface area contributed by atoms with Gasteiger partial charge in [0.1, 0.15) is 5.82 Å². The summed E-state index contributed by atoms with van der Waals surface area (Å²) in [6, 6.07) is 3.14. The second-order valence-electron chi connectivity index (χ2n) is 3.19. The van der Waals surface area contributed by atoms with E-state index >= 15 is 0 Å². The normalized spacial score (nSPS) is 9.53. The fourth-order valence-corrected chi connectivity index (χ4v) is 1.06. The summed E-state index contributed by atoms with van der Waals surface area (Å²) in [5.74, 6) is 0.0269. The van der Waals surface area contributed by atoms with E-state index in [0.717, 1.165) is 0 Å². The Balaban J connectivity index is 2.56. The zero-order valence-electron chi connectivity index (χ0n) is 9.78. The number of amides is 2. The van der Waals surface area contributed by atoms with Gasteiger partial charge in [-0.15, -0.1) is 10.2 Å². The molecule has 1 heterocycles. The number of nitrogens with one attached hydrogen (secondary N) is 3. The molecule has 0 unspecified atom stereocenters. The monoisotopic (exact) mass is 237 g/mol. The first kappa shape index (κ1) is 12.9. The number of hydrogen-bond donors (Lipinski definition) is 3. The Morgan fingerprint density at radius 3 is 2.59 bits per heavy atom. The molecular weight excluding hydrogens is 222 g/mol. The first-order valence-electron chi connectivity index (χ1n) is 5.23. The van der Waals surface area contributed by atoms with Crippen LogP contribution >= 0.6 is 0 Å². The smallest absolute Gasteiger partial charge is 0.271 e. The highest BCUT2D eigenvalue weighted by Crippen LogP contribution is 2.01. The molecular formula is C10H15N5O2. The summed E-state index contributed by atoms with van der Waals surface area (Å²) in [4.78, 5) is 22.3. The number of carbonyl (C=O) groups excluding carboxylic acids is 2. The summed E-state index contributed by atoms with van der Waals surface area (Å²) in [5.41, 5.74) is 0.248. The fraction of sp³-hybridized carbons (Fsp3) is 0.400. The predicted octanol–water partition coefficient (Wildman–Crippen LogP) is -0.616. The molecule has 7 nitrogen and oxygen atoms in total. The summed E-state index contributed by atoms with van der Waals surface area (Å²) in [5, 5.41) is 15.4. The third-order valence-electron chi connectivity index (χ3n) is 1.94. The molecule has 0 bridgehead atoms. The molecule has 0 radical (unpaired) electrons. The maximum absolute atomic E-state index is 11.4. The Morgan fingerprint density at radius 1 is 1.29 bits per heavy atom. The van der Waals surface area contributed by atoms with Gasteiger partial charge in [-0.25, -0.2) is 0 Å². The minimum absolute atomic E-state index is 0.117. The van der Waals surface area contributed by atoms with Crippen molar-refractivity contribution in [3.05, 3.63) is 17.8 Å². The van der Waals surface area contributed by atoms with Crippen LogP contribution < -0.4 is 16.0 Å². The molecule has 0 saturated carbocycles. The van der Waals surface area contributed by atoms with Gasteiger partial charge < -0.3 is 16.0 Å². The summed E-state index contributed by atoms with van der Waals surface area (Å²) >= 11 is 0. The van der Waals surface area contributed by atoms with Crippen LogP contribution in [0.15, 0.2) is 12.1 Å². The van der Waals surface area contributed by atoms with E-state index < -0.39 is 0 Å². The zero-order chi connectivity index (χ0) is 12.7. The first-order valence-corrected chi connectivity index (χ1v) is 5.23. The van der Waals surface area contributed by atoms with E-state index in [1.54, 1.807) is 19.2 Å². The summed E-state index contributed by atoms with van der Waals surface area (Å²) < 4.78 is 0. The van der Waals surface area contributed by atoms with E-state index in [1.807, 2.05) is 6.92 Å². The molecule has 1 rings (SSSR count). The molecule has 0 saturated heterocycles. The average Bonchev–Trinajstić information content (AvgIpc) is 2.36. The Morgan fingerprint density at radius 2 is 2.06 bits per heavy atom. The van der Waals surface area contributed by atoms with Gasteiger partial charge in [0.15, 0.2) is 5.69 Å². The Hall–Kier alpha value is -2.18. The van der Waals surface area contributed by atoms with Crippen LogP contribution in [-0.2, 0) is 4.79 Å². The van der Waals surface area contributed by atoms with Gasteiger partial charge >= 0.3 is 0 Å². The van der Waals surface area contributed by atoms with Crippen molar-refractivity contribution in [3.63, 3.8) is 0 Å². The summed E-state index contributed by atoms with van der Waals surface area (Å²) in [6.45, 7) is 2.48. The van der Waals surface area contributed by atoms with E-state index in [2.05, 4.69) is 26.1 Å². The van der Waals surface area contributed by atoms with E-state index in [-0.39, 0.29) is 24.1 Å². The van der Waals surface area contributed by atoms with Crippen molar-refractivity contribution in [1.82, 2.24) is 20.8 Å². The number of nitrogens with zero attached hydrogens (tertiary/aromatic N) is 2. The molecule has 0 aliphatic rings. The topological polar surface area (TPSA) is 96.0 Å². The highest BCUT2D eigenvalue weighted by Gasteiger charge is 2.06. The van der Waals surface area contributed by atoms with Gasteiger partial charge in [0.05, 0.1) is 6.54 Å². The van der Waals surface area contributed by atoms with E-state index in [1.165, 1.54) is 0 Å². The van der Waals surface area contributed by atoms with Gasteiger partial charge in [-0.05, 0) is 19.1 Å². The summed E-state index contributed by atoms with van der Waals surface area (Å²) in [7, 11) is 1.55. The average molecular weight is 237 g/mol. The van der Waals surface area contributed by atoms with Crippen molar-refractivity contribution in [2.24, 2.45) is 0 Å². The SMILES string of the molecule is CCNC(=O)c1ccc(NCC(=O)NC)nn1. The third kappa shape index (κ3) is 4.06. The molecule has 2 amide bonds. The van der Waals surface area contributed by atoms with Gasteiger partial charge in [-0.1, -0.05) is 0 Å². The lowest BCUT2D eigenvalue weighted by Crippen LogP contribution is -2.27.